The number of methoxy groups -OCH3 is 2. The highest BCUT2D eigenvalue weighted by Crippen LogP contribution is 2.28. The first kappa shape index (κ1) is 12.8. The summed E-state index contributed by atoms with van der Waals surface area (Å²) in [5.41, 5.74) is 0.821. The number of carbonyl (C=O) groups excluding carboxylic acids is 1. The molecule has 1 aliphatic rings. The van der Waals surface area contributed by atoms with Gasteiger partial charge < -0.3 is 14.8 Å². The lowest BCUT2D eigenvalue weighted by atomic mass is 9.89. The fourth-order valence-electron chi connectivity index (χ4n) is 2.02. The standard InChI is InChI=1S/C13H16FNO3/c1-17-10-6-9(7-10)15-12-5-8(14)3-4-11(12)13(16)18-2/h3-5,9-10,15H,6-7H2,1-2H3. The zero-order valence-electron chi connectivity index (χ0n) is 10.4. The number of rotatable bonds is 4. The second-order valence-corrected chi connectivity index (χ2v) is 4.35. The molecule has 5 heteroatoms. The maximum Gasteiger partial charge on any atom is 0.339 e. The molecule has 1 aliphatic carbocycles. The maximum absolute atomic E-state index is 13.2. The highest BCUT2D eigenvalue weighted by atomic mass is 19.1. The van der Waals surface area contributed by atoms with Gasteiger partial charge >= 0.3 is 5.97 Å². The molecule has 0 unspecified atom stereocenters. The topological polar surface area (TPSA) is 47.6 Å². The van der Waals surface area contributed by atoms with E-state index in [0.717, 1.165) is 12.8 Å². The van der Waals surface area contributed by atoms with Gasteiger partial charge in [-0.1, -0.05) is 0 Å². The van der Waals surface area contributed by atoms with E-state index < -0.39 is 5.97 Å². The van der Waals surface area contributed by atoms with Gasteiger partial charge in [0.1, 0.15) is 5.82 Å². The Labute approximate surface area is 105 Å². The van der Waals surface area contributed by atoms with Gasteiger partial charge in [-0.25, -0.2) is 9.18 Å². The quantitative estimate of drug-likeness (QED) is 0.836. The van der Waals surface area contributed by atoms with E-state index in [1.165, 1.54) is 25.3 Å². The van der Waals surface area contributed by atoms with Crippen LogP contribution in [0.5, 0.6) is 0 Å². The Bertz CT molecular complexity index is 444. The molecule has 1 saturated carbocycles. The minimum absolute atomic E-state index is 0.208. The molecule has 0 heterocycles. The summed E-state index contributed by atoms with van der Waals surface area (Å²) in [6, 6.07) is 4.19. The van der Waals surface area contributed by atoms with Gasteiger partial charge in [0.05, 0.1) is 24.5 Å². The third-order valence-corrected chi connectivity index (χ3v) is 3.17. The maximum atomic E-state index is 13.2. The van der Waals surface area contributed by atoms with Crippen molar-refractivity contribution in [2.45, 2.75) is 25.0 Å². The molecule has 98 valence electrons. The van der Waals surface area contributed by atoms with E-state index in [2.05, 4.69) is 10.1 Å². The Kier molecular flexibility index (Phi) is 3.81. The Morgan fingerprint density at radius 2 is 2.11 bits per heavy atom. The van der Waals surface area contributed by atoms with Crippen LogP contribution < -0.4 is 5.32 Å². The van der Waals surface area contributed by atoms with Crippen LogP contribution in [0.25, 0.3) is 0 Å². The lowest BCUT2D eigenvalue weighted by Gasteiger charge is -2.35. The van der Waals surface area contributed by atoms with Crippen molar-refractivity contribution in [2.24, 2.45) is 0 Å². The van der Waals surface area contributed by atoms with Crippen LogP contribution in [0.1, 0.15) is 23.2 Å². The minimum atomic E-state index is -0.472. The van der Waals surface area contributed by atoms with Crippen molar-refractivity contribution in [3.63, 3.8) is 0 Å². The third-order valence-electron chi connectivity index (χ3n) is 3.17. The summed E-state index contributed by atoms with van der Waals surface area (Å²) in [6.45, 7) is 0. The summed E-state index contributed by atoms with van der Waals surface area (Å²) < 4.78 is 23.1. The number of nitrogens with one attached hydrogen (secondary N) is 1. The van der Waals surface area contributed by atoms with Crippen LogP contribution in [-0.4, -0.2) is 32.3 Å². The Balaban J connectivity index is 2.11. The predicted molar refractivity (Wildman–Crippen MR) is 65.2 cm³/mol. The average Bonchev–Trinajstić information content (AvgIpc) is 2.32. The summed E-state index contributed by atoms with van der Waals surface area (Å²) in [6.07, 6.45) is 1.96. The molecule has 1 fully saturated rings. The smallest absolute Gasteiger partial charge is 0.339 e. The van der Waals surface area contributed by atoms with Crippen LogP contribution in [0.15, 0.2) is 18.2 Å². The van der Waals surface area contributed by atoms with Crippen LogP contribution >= 0.6 is 0 Å². The first-order valence-electron chi connectivity index (χ1n) is 5.81. The molecule has 4 nitrogen and oxygen atoms in total. The van der Waals surface area contributed by atoms with Crippen molar-refractivity contribution in [3.8, 4) is 0 Å². The molecular weight excluding hydrogens is 237 g/mol. The van der Waals surface area contributed by atoms with Crippen molar-refractivity contribution in [3.05, 3.63) is 29.6 Å². The van der Waals surface area contributed by atoms with Gasteiger partial charge in [-0.15, -0.1) is 0 Å². The molecule has 0 spiro atoms. The zero-order chi connectivity index (χ0) is 13.1. The van der Waals surface area contributed by atoms with E-state index in [9.17, 15) is 9.18 Å². The second kappa shape index (κ2) is 5.35. The highest BCUT2D eigenvalue weighted by molar-refractivity contribution is 5.95. The lowest BCUT2D eigenvalue weighted by Crippen LogP contribution is -2.40. The highest BCUT2D eigenvalue weighted by Gasteiger charge is 2.29. The van der Waals surface area contributed by atoms with Crippen LogP contribution in [0.3, 0.4) is 0 Å². The van der Waals surface area contributed by atoms with Crippen LogP contribution in [0.4, 0.5) is 10.1 Å². The Hall–Kier alpha value is -1.62. The van der Waals surface area contributed by atoms with E-state index in [0.29, 0.717) is 11.3 Å². The fourth-order valence-corrected chi connectivity index (χ4v) is 2.02. The largest absolute Gasteiger partial charge is 0.465 e. The second-order valence-electron chi connectivity index (χ2n) is 4.35. The zero-order valence-corrected chi connectivity index (χ0v) is 10.4. The average molecular weight is 253 g/mol. The van der Waals surface area contributed by atoms with Gasteiger partial charge in [0.2, 0.25) is 0 Å². The molecule has 0 radical (unpaired) electrons. The molecule has 18 heavy (non-hydrogen) atoms. The van der Waals surface area contributed by atoms with Crippen molar-refractivity contribution in [2.75, 3.05) is 19.5 Å². The molecule has 0 aliphatic heterocycles. The van der Waals surface area contributed by atoms with E-state index >= 15 is 0 Å². The SMILES string of the molecule is COC(=O)c1ccc(F)cc1NC1CC(OC)C1. The summed E-state index contributed by atoms with van der Waals surface area (Å²) in [4.78, 5) is 11.5. The summed E-state index contributed by atoms with van der Waals surface area (Å²) in [5, 5.41) is 3.15. The number of ether oxygens (including phenoxy) is 2. The molecule has 1 aromatic rings. The van der Waals surface area contributed by atoms with Gasteiger partial charge in [0, 0.05) is 13.2 Å². The van der Waals surface area contributed by atoms with Crippen molar-refractivity contribution in [1.82, 2.24) is 0 Å². The van der Waals surface area contributed by atoms with E-state index in [1.807, 2.05) is 0 Å². The number of benzene rings is 1. The molecule has 1 aromatic carbocycles. The van der Waals surface area contributed by atoms with Gasteiger partial charge in [0.15, 0.2) is 0 Å². The molecule has 0 atom stereocenters. The van der Waals surface area contributed by atoms with E-state index in [4.69, 9.17) is 4.74 Å². The lowest BCUT2D eigenvalue weighted by molar-refractivity contribution is 0.0328. The number of hydrogen-bond donors (Lipinski definition) is 1. The van der Waals surface area contributed by atoms with Crippen LogP contribution in [0, 0.1) is 5.82 Å². The molecule has 0 amide bonds. The van der Waals surface area contributed by atoms with Crippen LogP contribution in [0.2, 0.25) is 0 Å². The third kappa shape index (κ3) is 2.61. The normalized spacial score (nSPS) is 22.2. The monoisotopic (exact) mass is 253 g/mol. The summed E-state index contributed by atoms with van der Waals surface area (Å²) in [5.74, 6) is -0.854. The molecule has 0 saturated heterocycles. The summed E-state index contributed by atoms with van der Waals surface area (Å²) >= 11 is 0. The summed E-state index contributed by atoms with van der Waals surface area (Å²) in [7, 11) is 2.97. The molecular formula is C13H16FNO3. The first-order chi connectivity index (χ1) is 8.63. The van der Waals surface area contributed by atoms with Crippen molar-refractivity contribution >= 4 is 11.7 Å². The number of carbonyl (C=O) groups is 1. The van der Waals surface area contributed by atoms with Gasteiger partial charge in [-0.05, 0) is 31.0 Å². The van der Waals surface area contributed by atoms with Crippen molar-refractivity contribution < 1.29 is 18.7 Å². The molecule has 2 rings (SSSR count). The van der Waals surface area contributed by atoms with Crippen LogP contribution in [-0.2, 0) is 9.47 Å². The van der Waals surface area contributed by atoms with E-state index in [-0.39, 0.29) is 18.0 Å². The number of hydrogen-bond acceptors (Lipinski definition) is 4. The Morgan fingerprint density at radius 1 is 1.39 bits per heavy atom. The number of esters is 1. The first-order valence-corrected chi connectivity index (χ1v) is 5.81. The number of anilines is 1. The number of halogens is 1. The minimum Gasteiger partial charge on any atom is -0.465 e. The van der Waals surface area contributed by atoms with Gasteiger partial charge in [-0.2, -0.15) is 0 Å². The van der Waals surface area contributed by atoms with Gasteiger partial charge in [-0.3, -0.25) is 0 Å². The molecule has 0 aromatic heterocycles. The Morgan fingerprint density at radius 3 is 2.72 bits per heavy atom. The van der Waals surface area contributed by atoms with Crippen molar-refractivity contribution in [1.29, 1.82) is 0 Å². The van der Waals surface area contributed by atoms with E-state index in [1.54, 1.807) is 7.11 Å². The predicted octanol–water partition coefficient (Wildman–Crippen LogP) is 2.20. The van der Waals surface area contributed by atoms with Gasteiger partial charge in [0.25, 0.3) is 0 Å². The molecule has 0 bridgehead atoms. The molecule has 1 N–H and O–H groups in total. The fraction of sp³-hybridized carbons (Fsp3) is 0.462.